The molecule has 1 aliphatic heterocycles. The van der Waals surface area contributed by atoms with Crippen molar-refractivity contribution in [3.63, 3.8) is 0 Å². The summed E-state index contributed by atoms with van der Waals surface area (Å²) in [6, 6.07) is -0.509. The fourth-order valence-corrected chi connectivity index (χ4v) is 2.85. The van der Waals surface area contributed by atoms with Gasteiger partial charge in [-0.15, -0.1) is 0 Å². The van der Waals surface area contributed by atoms with E-state index in [1.165, 1.54) is 6.42 Å². The van der Waals surface area contributed by atoms with E-state index in [0.29, 0.717) is 0 Å². The van der Waals surface area contributed by atoms with E-state index in [0.717, 1.165) is 32.3 Å². The quantitative estimate of drug-likeness (QED) is 0.767. The van der Waals surface area contributed by atoms with Crippen LogP contribution in [0.4, 0.5) is 0 Å². The molecule has 4 heteroatoms. The van der Waals surface area contributed by atoms with Crippen molar-refractivity contribution in [1.82, 2.24) is 0 Å². The molecule has 4 nitrogen and oxygen atoms in total. The average molecular weight is 255 g/mol. The maximum Gasteiger partial charge on any atom is 0.323 e. The molecule has 1 spiro atoms. The molecule has 2 fully saturated rings. The van der Waals surface area contributed by atoms with Gasteiger partial charge in [0.05, 0.1) is 5.60 Å². The lowest BCUT2D eigenvalue weighted by Crippen LogP contribution is -2.52. The van der Waals surface area contributed by atoms with Gasteiger partial charge in [0.25, 0.3) is 0 Å². The molecule has 0 bridgehead atoms. The van der Waals surface area contributed by atoms with Crippen LogP contribution in [0.15, 0.2) is 0 Å². The molecule has 1 heterocycles. The first-order valence-corrected chi connectivity index (χ1v) is 6.94. The number of rotatable bonds is 2. The highest BCUT2D eigenvalue weighted by Gasteiger charge is 2.45. The van der Waals surface area contributed by atoms with Crippen LogP contribution >= 0.6 is 0 Å². The number of hydrogen-bond donors (Lipinski definition) is 1. The number of carbonyl (C=O) groups is 1. The minimum Gasteiger partial charge on any atom is -0.459 e. The van der Waals surface area contributed by atoms with Crippen molar-refractivity contribution in [3.8, 4) is 0 Å². The summed E-state index contributed by atoms with van der Waals surface area (Å²) in [5, 5.41) is 0. The summed E-state index contributed by atoms with van der Waals surface area (Å²) in [7, 11) is 0. The summed E-state index contributed by atoms with van der Waals surface area (Å²) in [6.45, 7) is 6.33. The van der Waals surface area contributed by atoms with E-state index in [1.54, 1.807) is 0 Å². The topological polar surface area (TPSA) is 61.5 Å². The molecule has 18 heavy (non-hydrogen) atoms. The van der Waals surface area contributed by atoms with Crippen LogP contribution in [-0.4, -0.2) is 29.8 Å². The number of esters is 1. The van der Waals surface area contributed by atoms with Gasteiger partial charge in [-0.05, 0) is 58.8 Å². The number of nitrogens with two attached hydrogens (primary N) is 1. The van der Waals surface area contributed by atoms with Crippen molar-refractivity contribution in [2.24, 2.45) is 11.7 Å². The summed E-state index contributed by atoms with van der Waals surface area (Å²) >= 11 is 0. The maximum absolute atomic E-state index is 12.0. The number of hydrogen-bond acceptors (Lipinski definition) is 4. The van der Waals surface area contributed by atoms with Gasteiger partial charge in [0.2, 0.25) is 0 Å². The zero-order valence-corrected chi connectivity index (χ0v) is 11.7. The van der Waals surface area contributed by atoms with Crippen LogP contribution in [-0.2, 0) is 14.3 Å². The van der Waals surface area contributed by atoms with E-state index in [2.05, 4.69) is 0 Å². The van der Waals surface area contributed by atoms with Gasteiger partial charge in [-0.1, -0.05) is 0 Å². The van der Waals surface area contributed by atoms with Crippen LogP contribution in [0.1, 0.15) is 52.9 Å². The van der Waals surface area contributed by atoms with Crippen LogP contribution in [0, 0.1) is 5.92 Å². The summed E-state index contributed by atoms with van der Waals surface area (Å²) in [6.07, 6.45) is 5.24. The van der Waals surface area contributed by atoms with Gasteiger partial charge in [0, 0.05) is 6.61 Å². The first-order chi connectivity index (χ1) is 8.31. The minimum atomic E-state index is -0.509. The second-order valence-electron chi connectivity index (χ2n) is 6.70. The molecule has 2 atom stereocenters. The Hall–Kier alpha value is -0.610. The molecular formula is C14H25NO3. The molecule has 1 aliphatic carbocycles. The fourth-order valence-electron chi connectivity index (χ4n) is 2.85. The predicted octanol–water partition coefficient (Wildman–Crippen LogP) is 2.00. The number of carbonyl (C=O) groups excluding carboxylic acids is 1. The Bertz CT molecular complexity index is 317. The monoisotopic (exact) mass is 255 g/mol. The van der Waals surface area contributed by atoms with Crippen molar-refractivity contribution in [1.29, 1.82) is 0 Å². The van der Waals surface area contributed by atoms with E-state index in [-0.39, 0.29) is 17.5 Å². The van der Waals surface area contributed by atoms with Crippen LogP contribution < -0.4 is 5.73 Å². The molecule has 0 aromatic heterocycles. The number of ether oxygens (including phenoxy) is 2. The SMILES string of the molecule is CC(C)(C)OC(=O)C(N)C1CCOC2(CCC2)C1. The Labute approximate surface area is 109 Å². The zero-order valence-electron chi connectivity index (χ0n) is 11.7. The average Bonchev–Trinajstić information content (AvgIpc) is 2.24. The lowest BCUT2D eigenvalue weighted by atomic mass is 9.70. The van der Waals surface area contributed by atoms with E-state index >= 15 is 0 Å². The van der Waals surface area contributed by atoms with Gasteiger partial charge in [0.15, 0.2) is 0 Å². The van der Waals surface area contributed by atoms with Crippen molar-refractivity contribution >= 4 is 5.97 Å². The summed E-state index contributed by atoms with van der Waals surface area (Å²) < 4.78 is 11.2. The van der Waals surface area contributed by atoms with Crippen molar-refractivity contribution in [2.75, 3.05) is 6.61 Å². The highest BCUT2D eigenvalue weighted by atomic mass is 16.6. The third-order valence-corrected chi connectivity index (χ3v) is 3.98. The molecule has 2 unspecified atom stereocenters. The Morgan fingerprint density at radius 2 is 2.11 bits per heavy atom. The molecule has 1 saturated heterocycles. The van der Waals surface area contributed by atoms with Gasteiger partial charge < -0.3 is 15.2 Å². The van der Waals surface area contributed by atoms with Gasteiger partial charge >= 0.3 is 5.97 Å². The maximum atomic E-state index is 12.0. The molecule has 2 N–H and O–H groups in total. The highest BCUT2D eigenvalue weighted by Crippen LogP contribution is 2.44. The van der Waals surface area contributed by atoms with E-state index in [4.69, 9.17) is 15.2 Å². The highest BCUT2D eigenvalue weighted by molar-refractivity contribution is 5.76. The van der Waals surface area contributed by atoms with Gasteiger partial charge in [-0.3, -0.25) is 4.79 Å². The lowest BCUT2D eigenvalue weighted by Gasteiger charge is -2.48. The summed E-state index contributed by atoms with van der Waals surface area (Å²) in [5.41, 5.74) is 5.63. The molecular weight excluding hydrogens is 230 g/mol. The van der Waals surface area contributed by atoms with E-state index < -0.39 is 11.6 Å². The van der Waals surface area contributed by atoms with Gasteiger partial charge in [-0.2, -0.15) is 0 Å². The fraction of sp³-hybridized carbons (Fsp3) is 0.929. The largest absolute Gasteiger partial charge is 0.459 e. The third kappa shape index (κ3) is 3.04. The minimum absolute atomic E-state index is 0.0303. The first-order valence-electron chi connectivity index (χ1n) is 6.94. The second kappa shape index (κ2) is 4.82. The zero-order chi connectivity index (χ0) is 13.4. The molecule has 0 radical (unpaired) electrons. The van der Waals surface area contributed by atoms with E-state index in [1.807, 2.05) is 20.8 Å². The Balaban J connectivity index is 1.92. The first kappa shape index (κ1) is 13.8. The smallest absolute Gasteiger partial charge is 0.323 e. The van der Waals surface area contributed by atoms with Crippen LogP contribution in [0.5, 0.6) is 0 Å². The van der Waals surface area contributed by atoms with Gasteiger partial charge in [-0.25, -0.2) is 0 Å². The normalized spacial score (nSPS) is 28.6. The molecule has 1 saturated carbocycles. The standard InChI is InChI=1S/C14H25NO3/c1-13(2,3)18-12(16)11(15)10-5-8-17-14(9-10)6-4-7-14/h10-11H,4-9,15H2,1-3H3. The van der Waals surface area contributed by atoms with E-state index in [9.17, 15) is 4.79 Å². The molecule has 2 rings (SSSR count). The molecule has 2 aliphatic rings. The summed E-state index contributed by atoms with van der Waals surface area (Å²) in [4.78, 5) is 12.0. The molecule has 104 valence electrons. The molecule has 0 aromatic rings. The van der Waals surface area contributed by atoms with Crippen molar-refractivity contribution < 1.29 is 14.3 Å². The predicted molar refractivity (Wildman–Crippen MR) is 69.1 cm³/mol. The second-order valence-corrected chi connectivity index (χ2v) is 6.70. The van der Waals surface area contributed by atoms with Crippen LogP contribution in [0.2, 0.25) is 0 Å². The van der Waals surface area contributed by atoms with Gasteiger partial charge in [0.1, 0.15) is 11.6 Å². The Kier molecular flexibility index (Phi) is 3.70. The van der Waals surface area contributed by atoms with Crippen LogP contribution in [0.25, 0.3) is 0 Å². The lowest BCUT2D eigenvalue weighted by molar-refractivity contribution is -0.167. The summed E-state index contributed by atoms with van der Waals surface area (Å²) in [5.74, 6) is -0.0715. The molecule has 0 amide bonds. The third-order valence-electron chi connectivity index (χ3n) is 3.98. The molecule has 0 aromatic carbocycles. The van der Waals surface area contributed by atoms with Crippen LogP contribution in [0.3, 0.4) is 0 Å². The van der Waals surface area contributed by atoms with Crippen molar-refractivity contribution in [2.45, 2.75) is 70.1 Å². The Morgan fingerprint density at radius 3 is 2.61 bits per heavy atom. The Morgan fingerprint density at radius 1 is 1.44 bits per heavy atom. The van der Waals surface area contributed by atoms with Crippen molar-refractivity contribution in [3.05, 3.63) is 0 Å².